The first-order chi connectivity index (χ1) is 27.3. The summed E-state index contributed by atoms with van der Waals surface area (Å²) in [5, 5.41) is 9.78. The maximum atomic E-state index is 13.9. The summed E-state index contributed by atoms with van der Waals surface area (Å²) in [5.41, 5.74) is 5.34. The summed E-state index contributed by atoms with van der Waals surface area (Å²) >= 11 is 2.84. The van der Waals surface area contributed by atoms with Crippen molar-refractivity contribution in [3.63, 3.8) is 0 Å². The summed E-state index contributed by atoms with van der Waals surface area (Å²) in [4.78, 5) is 59.3. The third kappa shape index (κ3) is 8.80. The number of ether oxygens (including phenoxy) is 1. The van der Waals surface area contributed by atoms with Gasteiger partial charge in [-0.05, 0) is 92.1 Å². The fraction of sp³-hybridized carbons (Fsp3) is 0.200. The quantitative estimate of drug-likeness (QED) is 0.0525. The molecule has 7 rings (SSSR count). The van der Waals surface area contributed by atoms with E-state index in [1.54, 1.807) is 55.6 Å². The van der Waals surface area contributed by atoms with Crippen molar-refractivity contribution in [2.45, 2.75) is 55.6 Å². The molecule has 0 radical (unpaired) electrons. The van der Waals surface area contributed by atoms with Crippen molar-refractivity contribution < 1.29 is 23.9 Å². The number of nitrogens with one attached hydrogen (secondary N) is 4. The third-order valence-corrected chi connectivity index (χ3v) is 12.3. The first-order valence-corrected chi connectivity index (χ1v) is 20.4. The van der Waals surface area contributed by atoms with Crippen molar-refractivity contribution in [3.05, 3.63) is 154 Å². The molecule has 2 heterocycles. The smallest absolute Gasteiger partial charge is 0.341 e. The van der Waals surface area contributed by atoms with Gasteiger partial charge in [-0.3, -0.25) is 14.4 Å². The lowest BCUT2D eigenvalue weighted by Gasteiger charge is -2.23. The Morgan fingerprint density at radius 2 is 1.66 bits per heavy atom. The minimum Gasteiger partial charge on any atom is -0.462 e. The molecule has 11 heteroatoms. The zero-order chi connectivity index (χ0) is 39.0. The maximum absolute atomic E-state index is 13.9. The van der Waals surface area contributed by atoms with Crippen LogP contribution < -0.4 is 16.0 Å². The summed E-state index contributed by atoms with van der Waals surface area (Å²) in [5.74, 6) is -1.22. The van der Waals surface area contributed by atoms with Gasteiger partial charge in [-0.15, -0.1) is 23.1 Å². The molecule has 2 aromatic heterocycles. The second kappa shape index (κ2) is 17.7. The highest BCUT2D eigenvalue weighted by molar-refractivity contribution is 8.00. The molecule has 3 amide bonds. The number of fused-ring (bicyclic) bond motifs is 2. The number of anilines is 2. The number of H-pyrrole nitrogens is 1. The number of aromatic amines is 1. The zero-order valence-electron chi connectivity index (χ0n) is 31.1. The summed E-state index contributed by atoms with van der Waals surface area (Å²) in [6, 6.07) is 34.1. The molecule has 284 valence electrons. The van der Waals surface area contributed by atoms with Crippen LogP contribution in [0.15, 0.2) is 126 Å². The molecule has 0 bridgehead atoms. The van der Waals surface area contributed by atoms with Gasteiger partial charge < -0.3 is 25.7 Å². The van der Waals surface area contributed by atoms with Gasteiger partial charge in [-0.2, -0.15) is 0 Å². The second-order valence-corrected chi connectivity index (χ2v) is 15.8. The number of thiophene rings is 1. The first-order valence-electron chi connectivity index (χ1n) is 18.7. The fourth-order valence-corrected chi connectivity index (χ4v) is 9.27. The van der Waals surface area contributed by atoms with Gasteiger partial charge in [0, 0.05) is 43.7 Å². The van der Waals surface area contributed by atoms with Crippen LogP contribution in [0.5, 0.6) is 0 Å². The maximum Gasteiger partial charge on any atom is 0.341 e. The molecule has 0 saturated carbocycles. The summed E-state index contributed by atoms with van der Waals surface area (Å²) in [6.45, 7) is 3.96. The van der Waals surface area contributed by atoms with Crippen LogP contribution in [0.3, 0.4) is 0 Å². The molecule has 2 atom stereocenters. The first kappa shape index (κ1) is 38.4. The minimum atomic E-state index is -0.505. The SMILES string of the molecule is CCOC(=O)c1c(NC(=O)C(CC)Sc2cccc(NC(=O)/C(=C/c3c[nH]c4ccccc34)NC(=O)c3ccccc3)c2)sc2c1CCC(c1ccccc1)C2. The molecule has 4 aromatic carbocycles. The largest absolute Gasteiger partial charge is 0.462 e. The van der Waals surface area contributed by atoms with Crippen LogP contribution in [0.4, 0.5) is 10.7 Å². The standard InChI is InChI=1S/C45H42N4O5S2/c1-3-38(43(52)49-44-40(45(53)54-4-2)35-23-22-30(25-39(35)56-44)28-14-7-5-8-15-28)55-33-19-13-18-32(26-33)47-42(51)37(48-41(50)29-16-9-6-10-17-29)24-31-27-46-36-21-12-11-20-34(31)36/h5-21,24,26-27,30,38,46H,3-4,22-23,25H2,1-2H3,(H,47,51)(H,48,50)(H,49,52)/b37-24-. The summed E-state index contributed by atoms with van der Waals surface area (Å²) in [7, 11) is 0. The van der Waals surface area contributed by atoms with Gasteiger partial charge in [0.1, 0.15) is 10.7 Å². The molecule has 0 aliphatic heterocycles. The van der Waals surface area contributed by atoms with Crippen LogP contribution in [0, 0.1) is 0 Å². The van der Waals surface area contributed by atoms with E-state index in [4.69, 9.17) is 4.74 Å². The van der Waals surface area contributed by atoms with Crippen LogP contribution in [0.25, 0.3) is 17.0 Å². The normalized spacial score (nSPS) is 14.4. The van der Waals surface area contributed by atoms with Gasteiger partial charge in [0.05, 0.1) is 17.4 Å². The van der Waals surface area contributed by atoms with E-state index in [1.807, 2.05) is 55.5 Å². The Kier molecular flexibility index (Phi) is 12.1. The lowest BCUT2D eigenvalue weighted by molar-refractivity contribution is -0.116. The predicted octanol–water partition coefficient (Wildman–Crippen LogP) is 9.60. The van der Waals surface area contributed by atoms with Crippen LogP contribution in [-0.4, -0.2) is 40.5 Å². The topological polar surface area (TPSA) is 129 Å². The Morgan fingerprint density at radius 3 is 2.43 bits per heavy atom. The zero-order valence-corrected chi connectivity index (χ0v) is 32.7. The fourth-order valence-electron chi connectivity index (χ4n) is 6.94. The van der Waals surface area contributed by atoms with Crippen LogP contribution in [0.2, 0.25) is 0 Å². The molecule has 0 spiro atoms. The minimum absolute atomic E-state index is 0.0682. The van der Waals surface area contributed by atoms with E-state index in [2.05, 4.69) is 45.2 Å². The Balaban J connectivity index is 1.08. The number of rotatable bonds is 13. The van der Waals surface area contributed by atoms with Crippen LogP contribution in [0.1, 0.15) is 74.9 Å². The Hall–Kier alpha value is -5.91. The molecule has 0 fully saturated rings. The van der Waals surface area contributed by atoms with Gasteiger partial charge >= 0.3 is 5.97 Å². The Bertz CT molecular complexity index is 2400. The molecule has 1 aliphatic rings. The number of amides is 3. The molecule has 2 unspecified atom stereocenters. The number of hydrogen-bond donors (Lipinski definition) is 4. The lowest BCUT2D eigenvalue weighted by Crippen LogP contribution is -2.30. The van der Waals surface area contributed by atoms with Gasteiger partial charge in [0.15, 0.2) is 0 Å². The lowest BCUT2D eigenvalue weighted by atomic mass is 9.83. The van der Waals surface area contributed by atoms with Crippen molar-refractivity contribution in [1.29, 1.82) is 0 Å². The van der Waals surface area contributed by atoms with E-state index < -0.39 is 23.0 Å². The van der Waals surface area contributed by atoms with Gasteiger partial charge in [-0.1, -0.05) is 79.7 Å². The van der Waals surface area contributed by atoms with E-state index in [0.717, 1.165) is 51.1 Å². The highest BCUT2D eigenvalue weighted by atomic mass is 32.2. The third-order valence-electron chi connectivity index (χ3n) is 9.74. The Morgan fingerprint density at radius 1 is 0.911 bits per heavy atom. The highest BCUT2D eigenvalue weighted by Gasteiger charge is 2.32. The number of thioether (sulfide) groups is 1. The molecular weight excluding hydrogens is 741 g/mol. The van der Waals surface area contributed by atoms with E-state index in [-0.39, 0.29) is 18.2 Å². The van der Waals surface area contributed by atoms with Crippen molar-refractivity contribution in [3.8, 4) is 0 Å². The number of para-hydroxylation sites is 1. The molecule has 9 nitrogen and oxygen atoms in total. The van der Waals surface area contributed by atoms with Crippen LogP contribution >= 0.6 is 23.1 Å². The molecule has 6 aromatic rings. The number of esters is 1. The number of aromatic nitrogens is 1. The number of hydrogen-bond acceptors (Lipinski definition) is 7. The van der Waals surface area contributed by atoms with Crippen LogP contribution in [-0.2, 0) is 27.2 Å². The monoisotopic (exact) mass is 782 g/mol. The van der Waals surface area contributed by atoms with E-state index >= 15 is 0 Å². The number of carbonyl (C=O) groups is 4. The van der Waals surface area contributed by atoms with Crippen molar-refractivity contribution >= 4 is 74.5 Å². The predicted molar refractivity (Wildman–Crippen MR) is 225 cm³/mol. The van der Waals surface area contributed by atoms with Crippen molar-refractivity contribution in [2.75, 3.05) is 17.2 Å². The van der Waals surface area contributed by atoms with E-state index in [1.165, 1.54) is 28.7 Å². The average molecular weight is 783 g/mol. The highest BCUT2D eigenvalue weighted by Crippen LogP contribution is 2.43. The van der Waals surface area contributed by atoms with Crippen molar-refractivity contribution in [2.24, 2.45) is 0 Å². The van der Waals surface area contributed by atoms with E-state index in [9.17, 15) is 19.2 Å². The summed E-state index contributed by atoms with van der Waals surface area (Å²) < 4.78 is 5.47. The molecule has 4 N–H and O–H groups in total. The Labute approximate surface area is 334 Å². The molecule has 0 saturated heterocycles. The van der Waals surface area contributed by atoms with Gasteiger partial charge in [-0.25, -0.2) is 4.79 Å². The second-order valence-electron chi connectivity index (χ2n) is 13.4. The molecule has 56 heavy (non-hydrogen) atoms. The number of benzene rings is 4. The summed E-state index contributed by atoms with van der Waals surface area (Å²) in [6.07, 6.45) is 6.40. The number of carbonyl (C=O) groups excluding carboxylic acids is 4. The van der Waals surface area contributed by atoms with Crippen molar-refractivity contribution in [1.82, 2.24) is 10.3 Å². The van der Waals surface area contributed by atoms with Gasteiger partial charge in [0.2, 0.25) is 5.91 Å². The van der Waals surface area contributed by atoms with E-state index in [0.29, 0.717) is 34.2 Å². The van der Waals surface area contributed by atoms with Gasteiger partial charge in [0.25, 0.3) is 11.8 Å². The molecule has 1 aliphatic carbocycles. The molecular formula is C45H42N4O5S2. The average Bonchev–Trinajstić information content (AvgIpc) is 3.80.